The summed E-state index contributed by atoms with van der Waals surface area (Å²) in [6.45, 7) is 1.59. The number of aliphatic imine (C=N–C) groups is 1. The number of methoxy groups -OCH3 is 1. The molecule has 1 aliphatic heterocycles. The summed E-state index contributed by atoms with van der Waals surface area (Å²) in [4.78, 5) is 5.54. The molecular formula is C14H27F3N4O. The summed E-state index contributed by atoms with van der Waals surface area (Å²) in [5, 5.41) is 6.38. The van der Waals surface area contributed by atoms with Crippen molar-refractivity contribution in [2.75, 3.05) is 46.9 Å². The van der Waals surface area contributed by atoms with E-state index in [1.807, 2.05) is 0 Å². The van der Waals surface area contributed by atoms with Gasteiger partial charge in [-0.2, -0.15) is 13.2 Å². The zero-order chi connectivity index (χ0) is 16.4. The molecule has 1 atom stereocenters. The molecule has 1 aliphatic rings. The number of hydrogen-bond acceptors (Lipinski definition) is 3. The maximum atomic E-state index is 12.4. The third-order valence-electron chi connectivity index (χ3n) is 3.56. The van der Waals surface area contributed by atoms with E-state index in [2.05, 4.69) is 15.6 Å². The Bertz CT molecular complexity index is 337. The molecule has 0 aromatic carbocycles. The molecule has 0 bridgehead atoms. The molecule has 5 nitrogen and oxygen atoms in total. The first kappa shape index (κ1) is 19.0. The minimum Gasteiger partial charge on any atom is -0.385 e. The van der Waals surface area contributed by atoms with Crippen molar-refractivity contribution in [3.8, 4) is 0 Å². The predicted octanol–water partition coefficient (Wildman–Crippen LogP) is 1.60. The van der Waals surface area contributed by atoms with Gasteiger partial charge in [-0.25, -0.2) is 0 Å². The van der Waals surface area contributed by atoms with Crippen LogP contribution >= 0.6 is 0 Å². The molecule has 1 saturated heterocycles. The van der Waals surface area contributed by atoms with Crippen LogP contribution in [0.4, 0.5) is 13.2 Å². The Hall–Kier alpha value is -1.02. The fourth-order valence-electron chi connectivity index (χ4n) is 2.49. The van der Waals surface area contributed by atoms with E-state index in [1.165, 1.54) is 4.90 Å². The molecule has 0 saturated carbocycles. The zero-order valence-corrected chi connectivity index (χ0v) is 13.4. The molecule has 0 aromatic heterocycles. The Morgan fingerprint density at radius 1 is 1.32 bits per heavy atom. The molecule has 2 N–H and O–H groups in total. The van der Waals surface area contributed by atoms with Gasteiger partial charge in [-0.3, -0.25) is 9.89 Å². The summed E-state index contributed by atoms with van der Waals surface area (Å²) in [6, 6.07) is 0.0158. The van der Waals surface area contributed by atoms with Gasteiger partial charge in [0.2, 0.25) is 0 Å². The van der Waals surface area contributed by atoms with E-state index in [4.69, 9.17) is 4.74 Å². The van der Waals surface area contributed by atoms with E-state index in [9.17, 15) is 13.2 Å². The summed E-state index contributed by atoms with van der Waals surface area (Å²) in [5.74, 6) is 0.658. The number of likely N-dealkylation sites (tertiary alicyclic amines) is 1. The molecule has 0 spiro atoms. The molecule has 130 valence electrons. The largest absolute Gasteiger partial charge is 0.401 e. The predicted molar refractivity (Wildman–Crippen MR) is 81.1 cm³/mol. The highest BCUT2D eigenvalue weighted by Gasteiger charge is 2.34. The lowest BCUT2D eigenvalue weighted by atomic mass is 10.2. The molecule has 0 aliphatic carbocycles. The second-order valence-corrected chi connectivity index (χ2v) is 5.53. The maximum Gasteiger partial charge on any atom is 0.401 e. The molecule has 1 rings (SSSR count). The van der Waals surface area contributed by atoms with Crippen molar-refractivity contribution in [3.05, 3.63) is 0 Å². The summed E-state index contributed by atoms with van der Waals surface area (Å²) in [7, 11) is 3.36. The number of nitrogens with zero attached hydrogens (tertiary/aromatic N) is 2. The van der Waals surface area contributed by atoms with Crippen LogP contribution in [0.5, 0.6) is 0 Å². The van der Waals surface area contributed by atoms with Crippen LogP contribution in [0, 0.1) is 0 Å². The van der Waals surface area contributed by atoms with Crippen molar-refractivity contribution in [2.24, 2.45) is 4.99 Å². The van der Waals surface area contributed by atoms with Crippen molar-refractivity contribution >= 4 is 5.96 Å². The molecule has 0 amide bonds. The van der Waals surface area contributed by atoms with Gasteiger partial charge in [-0.05, 0) is 25.7 Å². The summed E-state index contributed by atoms with van der Waals surface area (Å²) >= 11 is 0. The fraction of sp³-hybridized carbons (Fsp3) is 0.929. The van der Waals surface area contributed by atoms with Crippen LogP contribution in [0.2, 0.25) is 0 Å². The van der Waals surface area contributed by atoms with E-state index in [1.54, 1.807) is 14.2 Å². The second-order valence-electron chi connectivity index (χ2n) is 5.53. The van der Waals surface area contributed by atoms with Crippen LogP contribution in [0.3, 0.4) is 0 Å². The topological polar surface area (TPSA) is 48.9 Å². The smallest absolute Gasteiger partial charge is 0.385 e. The number of guanidine groups is 1. The van der Waals surface area contributed by atoms with E-state index in [0.29, 0.717) is 25.5 Å². The monoisotopic (exact) mass is 324 g/mol. The third-order valence-corrected chi connectivity index (χ3v) is 3.56. The highest BCUT2D eigenvalue weighted by Crippen LogP contribution is 2.19. The maximum absolute atomic E-state index is 12.4. The first-order chi connectivity index (χ1) is 10.4. The normalized spacial score (nSPS) is 20.4. The highest BCUT2D eigenvalue weighted by molar-refractivity contribution is 5.79. The lowest BCUT2D eigenvalue weighted by molar-refractivity contribution is -0.143. The highest BCUT2D eigenvalue weighted by atomic mass is 19.4. The van der Waals surface area contributed by atoms with Gasteiger partial charge < -0.3 is 15.4 Å². The molecule has 22 heavy (non-hydrogen) atoms. The molecule has 0 radical (unpaired) electrons. The van der Waals surface area contributed by atoms with Crippen LogP contribution in [-0.4, -0.2) is 70.0 Å². The van der Waals surface area contributed by atoms with E-state index in [0.717, 1.165) is 32.4 Å². The van der Waals surface area contributed by atoms with Crippen LogP contribution in [-0.2, 0) is 4.74 Å². The van der Waals surface area contributed by atoms with Gasteiger partial charge in [0.15, 0.2) is 5.96 Å². The van der Waals surface area contributed by atoms with E-state index >= 15 is 0 Å². The standard InChI is InChI=1S/C14H27F3N4O/c1-18-13(19-7-4-3-5-9-22-2)20-12-6-8-21(10-12)11-14(15,16)17/h12H,3-11H2,1-2H3,(H2,18,19,20). The Balaban J connectivity index is 2.18. The van der Waals surface area contributed by atoms with Crippen LogP contribution in [0.15, 0.2) is 4.99 Å². The van der Waals surface area contributed by atoms with Gasteiger partial charge in [0.25, 0.3) is 0 Å². The molecule has 0 aromatic rings. The third kappa shape index (κ3) is 8.43. The van der Waals surface area contributed by atoms with E-state index in [-0.39, 0.29) is 6.04 Å². The van der Waals surface area contributed by atoms with Gasteiger partial charge in [0.05, 0.1) is 6.54 Å². The van der Waals surface area contributed by atoms with Crippen molar-refractivity contribution in [2.45, 2.75) is 37.9 Å². The van der Waals surface area contributed by atoms with Crippen molar-refractivity contribution in [1.29, 1.82) is 0 Å². The van der Waals surface area contributed by atoms with Crippen LogP contribution in [0.25, 0.3) is 0 Å². The van der Waals surface area contributed by atoms with Gasteiger partial charge in [-0.1, -0.05) is 0 Å². The van der Waals surface area contributed by atoms with Crippen LogP contribution < -0.4 is 10.6 Å². The second kappa shape index (κ2) is 9.89. The van der Waals surface area contributed by atoms with Gasteiger partial charge in [-0.15, -0.1) is 0 Å². The summed E-state index contributed by atoms with van der Waals surface area (Å²) in [5.41, 5.74) is 0. The number of alkyl halides is 3. The summed E-state index contributed by atoms with van der Waals surface area (Å²) in [6.07, 6.45) is -0.323. The molecule has 1 fully saturated rings. The van der Waals surface area contributed by atoms with Gasteiger partial charge >= 0.3 is 6.18 Å². The van der Waals surface area contributed by atoms with Crippen LogP contribution in [0.1, 0.15) is 25.7 Å². The first-order valence-electron chi connectivity index (χ1n) is 7.70. The Kier molecular flexibility index (Phi) is 8.55. The van der Waals surface area contributed by atoms with Gasteiger partial charge in [0.1, 0.15) is 0 Å². The quantitative estimate of drug-likeness (QED) is 0.405. The van der Waals surface area contributed by atoms with Crippen molar-refractivity contribution in [3.63, 3.8) is 0 Å². The Morgan fingerprint density at radius 2 is 2.09 bits per heavy atom. The lowest BCUT2D eigenvalue weighted by Crippen LogP contribution is -2.45. The van der Waals surface area contributed by atoms with Crippen molar-refractivity contribution in [1.82, 2.24) is 15.5 Å². The molecule has 8 heteroatoms. The summed E-state index contributed by atoms with van der Waals surface area (Å²) < 4.78 is 42.0. The minimum absolute atomic E-state index is 0.0158. The molecule has 1 unspecified atom stereocenters. The number of nitrogens with one attached hydrogen (secondary N) is 2. The lowest BCUT2D eigenvalue weighted by Gasteiger charge is -2.19. The van der Waals surface area contributed by atoms with E-state index < -0.39 is 12.7 Å². The minimum atomic E-state index is -4.13. The zero-order valence-electron chi connectivity index (χ0n) is 13.4. The first-order valence-corrected chi connectivity index (χ1v) is 7.70. The molecular weight excluding hydrogens is 297 g/mol. The molecule has 1 heterocycles. The van der Waals surface area contributed by atoms with Crippen molar-refractivity contribution < 1.29 is 17.9 Å². The Labute approximate surface area is 130 Å². The average Bonchev–Trinajstić information content (AvgIpc) is 2.86. The number of hydrogen-bond donors (Lipinski definition) is 2. The van der Waals surface area contributed by atoms with Gasteiger partial charge in [0, 0.05) is 46.4 Å². The number of halogens is 3. The number of rotatable bonds is 8. The Morgan fingerprint density at radius 3 is 2.73 bits per heavy atom. The SMILES string of the molecule is CN=C(NCCCCCOC)NC1CCN(CC(F)(F)F)C1. The number of unbranched alkanes of at least 4 members (excludes halogenated alkanes) is 2. The average molecular weight is 324 g/mol. The fourth-order valence-corrected chi connectivity index (χ4v) is 2.49. The number of ether oxygens (including phenoxy) is 1.